The van der Waals surface area contributed by atoms with Gasteiger partial charge in [-0.05, 0) is 42.3 Å². The van der Waals surface area contributed by atoms with Crippen LogP contribution < -0.4 is 9.64 Å². The summed E-state index contributed by atoms with van der Waals surface area (Å²) in [5.74, 6) is 1.42. The Morgan fingerprint density at radius 2 is 1.71 bits per heavy atom. The molecule has 0 N–H and O–H groups in total. The molecule has 3 aromatic rings. The van der Waals surface area contributed by atoms with Crippen LogP contribution >= 0.6 is 24.0 Å². The summed E-state index contributed by atoms with van der Waals surface area (Å²) in [6, 6.07) is 16.8. The number of urea groups is 1. The van der Waals surface area contributed by atoms with Crippen molar-refractivity contribution in [2.45, 2.75) is 19.4 Å². The maximum Gasteiger partial charge on any atom is 0.325 e. The molecule has 0 saturated carbocycles. The largest absolute Gasteiger partial charge is 0.455 e. The van der Waals surface area contributed by atoms with Gasteiger partial charge in [0.15, 0.2) is 5.75 Å². The highest BCUT2D eigenvalue weighted by Gasteiger charge is 2.31. The third-order valence-electron chi connectivity index (χ3n) is 6.22. The van der Waals surface area contributed by atoms with Crippen LogP contribution in [0.2, 0.25) is 5.02 Å². The molecule has 1 saturated heterocycles. The maximum atomic E-state index is 13.6. The average Bonchev–Trinajstić information content (AvgIpc) is 3.04. The van der Waals surface area contributed by atoms with Crippen LogP contribution in [0.3, 0.4) is 0 Å². The van der Waals surface area contributed by atoms with Gasteiger partial charge in [0.1, 0.15) is 5.75 Å². The molecule has 182 valence electrons. The number of piperazine rings is 1. The van der Waals surface area contributed by atoms with E-state index in [0.717, 1.165) is 16.9 Å². The Morgan fingerprint density at radius 1 is 0.943 bits per heavy atom. The Morgan fingerprint density at radius 3 is 2.49 bits per heavy atom. The molecule has 0 spiro atoms. The molecule has 9 heteroatoms. The second-order valence-corrected chi connectivity index (χ2v) is 8.86. The standard InChI is InChI=1S/C26H25ClN4O3.ClH/c27-21-8-9-24-22(16-21)31(18-20-5-1-2-6-23(20)34-24)26(33)30-14-12-29(13-15-30)25(32)10-7-19-4-3-11-28-17-19;/h1-6,8-9,11,16-17H,7,10,12-15,18H2;1H. The lowest BCUT2D eigenvalue weighted by Gasteiger charge is -2.37. The lowest BCUT2D eigenvalue weighted by molar-refractivity contribution is -0.132. The molecule has 5 rings (SSSR count). The lowest BCUT2D eigenvalue weighted by Crippen LogP contribution is -2.54. The topological polar surface area (TPSA) is 66.0 Å². The van der Waals surface area contributed by atoms with E-state index in [-0.39, 0.29) is 24.3 Å². The van der Waals surface area contributed by atoms with Gasteiger partial charge in [0.2, 0.25) is 5.91 Å². The summed E-state index contributed by atoms with van der Waals surface area (Å²) in [6.45, 7) is 2.37. The van der Waals surface area contributed by atoms with E-state index >= 15 is 0 Å². The monoisotopic (exact) mass is 512 g/mol. The van der Waals surface area contributed by atoms with Crippen LogP contribution in [-0.4, -0.2) is 52.9 Å². The summed E-state index contributed by atoms with van der Waals surface area (Å²) in [4.78, 5) is 35.8. The van der Waals surface area contributed by atoms with Crippen molar-refractivity contribution in [3.63, 3.8) is 0 Å². The molecule has 2 aliphatic rings. The van der Waals surface area contributed by atoms with Crippen LogP contribution in [0.15, 0.2) is 67.0 Å². The SMILES string of the molecule is Cl.O=C(CCc1cccnc1)N1CCN(C(=O)N2Cc3ccccc3Oc3ccc(Cl)cc32)CC1. The Labute approximate surface area is 215 Å². The molecular formula is C26H26Cl2N4O3. The summed E-state index contributed by atoms with van der Waals surface area (Å²) in [5, 5.41) is 0.537. The van der Waals surface area contributed by atoms with Crippen LogP contribution in [0.5, 0.6) is 11.5 Å². The van der Waals surface area contributed by atoms with Crippen molar-refractivity contribution < 1.29 is 14.3 Å². The average molecular weight is 513 g/mol. The summed E-state index contributed by atoms with van der Waals surface area (Å²) in [6.07, 6.45) is 4.61. The van der Waals surface area contributed by atoms with Crippen LogP contribution in [-0.2, 0) is 17.8 Å². The van der Waals surface area contributed by atoms with Gasteiger partial charge < -0.3 is 14.5 Å². The molecule has 0 bridgehead atoms. The normalized spacial score (nSPS) is 14.7. The van der Waals surface area contributed by atoms with Crippen molar-refractivity contribution in [2.24, 2.45) is 0 Å². The number of halogens is 2. The van der Waals surface area contributed by atoms with Crippen molar-refractivity contribution in [1.82, 2.24) is 14.8 Å². The molecule has 0 atom stereocenters. The summed E-state index contributed by atoms with van der Waals surface area (Å²) in [7, 11) is 0. The quantitative estimate of drug-likeness (QED) is 0.485. The molecule has 3 heterocycles. The fourth-order valence-corrected chi connectivity index (χ4v) is 4.51. The second kappa shape index (κ2) is 11.0. The van der Waals surface area contributed by atoms with Gasteiger partial charge in [0.05, 0.1) is 12.2 Å². The number of carbonyl (C=O) groups is 2. The first kappa shape index (κ1) is 24.8. The molecule has 1 aromatic heterocycles. The van der Waals surface area contributed by atoms with Crippen molar-refractivity contribution in [3.8, 4) is 11.5 Å². The predicted molar refractivity (Wildman–Crippen MR) is 138 cm³/mol. The number of hydrogen-bond donors (Lipinski definition) is 0. The zero-order chi connectivity index (χ0) is 23.5. The van der Waals surface area contributed by atoms with Crippen molar-refractivity contribution in [1.29, 1.82) is 0 Å². The molecule has 0 radical (unpaired) electrons. The maximum absolute atomic E-state index is 13.6. The molecule has 2 aliphatic heterocycles. The third kappa shape index (κ3) is 5.52. The smallest absolute Gasteiger partial charge is 0.325 e. The van der Waals surface area contributed by atoms with E-state index < -0.39 is 0 Å². The van der Waals surface area contributed by atoms with E-state index in [2.05, 4.69) is 4.98 Å². The Bertz CT molecular complexity index is 1200. The second-order valence-electron chi connectivity index (χ2n) is 8.42. The Hall–Kier alpha value is -3.29. The van der Waals surface area contributed by atoms with Crippen molar-refractivity contribution in [2.75, 3.05) is 31.1 Å². The van der Waals surface area contributed by atoms with E-state index in [4.69, 9.17) is 16.3 Å². The number of benzene rings is 2. The number of hydrogen-bond acceptors (Lipinski definition) is 4. The number of aryl methyl sites for hydroxylation is 1. The highest BCUT2D eigenvalue weighted by molar-refractivity contribution is 6.31. The molecule has 2 aromatic carbocycles. The van der Waals surface area contributed by atoms with Gasteiger partial charge >= 0.3 is 6.03 Å². The van der Waals surface area contributed by atoms with Crippen LogP contribution in [0.25, 0.3) is 0 Å². The third-order valence-corrected chi connectivity index (χ3v) is 6.45. The highest BCUT2D eigenvalue weighted by atomic mass is 35.5. The number of rotatable bonds is 3. The number of para-hydroxylation sites is 1. The van der Waals surface area contributed by atoms with Gasteiger partial charge in [-0.2, -0.15) is 0 Å². The number of amides is 3. The van der Waals surface area contributed by atoms with Gasteiger partial charge in [0.25, 0.3) is 0 Å². The molecule has 7 nitrogen and oxygen atoms in total. The molecule has 3 amide bonds. The molecule has 35 heavy (non-hydrogen) atoms. The van der Waals surface area contributed by atoms with Gasteiger partial charge in [0, 0.05) is 55.6 Å². The first-order chi connectivity index (χ1) is 16.6. The molecule has 0 unspecified atom stereocenters. The van der Waals surface area contributed by atoms with Gasteiger partial charge in [-0.3, -0.25) is 14.7 Å². The number of fused-ring (bicyclic) bond motifs is 2. The van der Waals surface area contributed by atoms with E-state index in [9.17, 15) is 9.59 Å². The van der Waals surface area contributed by atoms with Crippen molar-refractivity contribution >= 4 is 41.6 Å². The summed E-state index contributed by atoms with van der Waals surface area (Å²) >= 11 is 6.27. The summed E-state index contributed by atoms with van der Waals surface area (Å²) in [5.41, 5.74) is 2.61. The zero-order valence-corrected chi connectivity index (χ0v) is 20.7. The first-order valence-corrected chi connectivity index (χ1v) is 11.7. The molecule has 0 aliphatic carbocycles. The minimum absolute atomic E-state index is 0. The van der Waals surface area contributed by atoms with Gasteiger partial charge in [-0.25, -0.2) is 4.79 Å². The molecular weight excluding hydrogens is 487 g/mol. The highest BCUT2D eigenvalue weighted by Crippen LogP contribution is 2.40. The fraction of sp³-hybridized carbons (Fsp3) is 0.269. The fourth-order valence-electron chi connectivity index (χ4n) is 4.34. The molecule has 1 fully saturated rings. The van der Waals surface area contributed by atoms with E-state index in [1.807, 2.05) is 41.3 Å². The number of anilines is 1. The van der Waals surface area contributed by atoms with Gasteiger partial charge in [-0.1, -0.05) is 35.9 Å². The number of pyridine rings is 1. The summed E-state index contributed by atoms with van der Waals surface area (Å²) < 4.78 is 6.11. The minimum atomic E-state index is -0.119. The number of nitrogens with zero attached hydrogens (tertiary/aromatic N) is 4. The predicted octanol–water partition coefficient (Wildman–Crippen LogP) is 5.17. The van der Waals surface area contributed by atoms with E-state index in [1.54, 1.807) is 40.4 Å². The Balaban J connectivity index is 0.00000289. The lowest BCUT2D eigenvalue weighted by atomic mass is 10.1. The number of carbonyl (C=O) groups excluding carboxylic acids is 2. The van der Waals surface area contributed by atoms with Crippen molar-refractivity contribution in [3.05, 3.63) is 83.1 Å². The Kier molecular flexibility index (Phi) is 7.78. The number of ether oxygens (including phenoxy) is 1. The van der Waals surface area contributed by atoms with Crippen LogP contribution in [0.4, 0.5) is 10.5 Å². The van der Waals surface area contributed by atoms with Crippen LogP contribution in [0.1, 0.15) is 17.5 Å². The van der Waals surface area contributed by atoms with E-state index in [1.165, 1.54) is 0 Å². The van der Waals surface area contributed by atoms with Crippen LogP contribution in [0, 0.1) is 0 Å². The zero-order valence-electron chi connectivity index (χ0n) is 19.1. The number of aromatic nitrogens is 1. The van der Waals surface area contributed by atoms with Gasteiger partial charge in [-0.15, -0.1) is 12.4 Å². The van der Waals surface area contributed by atoms with E-state index in [0.29, 0.717) is 62.0 Å². The first-order valence-electron chi connectivity index (χ1n) is 11.4. The minimum Gasteiger partial charge on any atom is -0.455 e.